The van der Waals surface area contributed by atoms with Crippen LogP contribution in [0.4, 0.5) is 0 Å². The molecule has 0 amide bonds. The van der Waals surface area contributed by atoms with Crippen molar-refractivity contribution in [3.05, 3.63) is 35.4 Å². The van der Waals surface area contributed by atoms with Crippen LogP contribution in [0.15, 0.2) is 24.3 Å². The van der Waals surface area contributed by atoms with Crippen LogP contribution in [-0.4, -0.2) is 17.3 Å². The molecular formula is C17H25NO. The maximum absolute atomic E-state index is 9.88. The number of aryl methyl sites for hydroxylation is 1. The minimum atomic E-state index is -0.331. The molecule has 2 aliphatic rings. The van der Waals surface area contributed by atoms with Crippen LogP contribution in [0.5, 0.6) is 0 Å². The fourth-order valence-electron chi connectivity index (χ4n) is 3.46. The summed E-state index contributed by atoms with van der Waals surface area (Å²) in [6.45, 7) is 0.770. The molecule has 2 aliphatic carbocycles. The quantitative estimate of drug-likeness (QED) is 0.854. The van der Waals surface area contributed by atoms with E-state index in [1.165, 1.54) is 36.8 Å². The number of aliphatic hydroxyl groups is 1. The maximum atomic E-state index is 9.88. The topological polar surface area (TPSA) is 46.2 Å². The second-order valence-electron chi connectivity index (χ2n) is 6.61. The molecule has 19 heavy (non-hydrogen) atoms. The zero-order valence-corrected chi connectivity index (χ0v) is 11.7. The van der Waals surface area contributed by atoms with Crippen LogP contribution in [-0.2, 0) is 11.8 Å². The Bertz CT molecular complexity index is 427. The summed E-state index contributed by atoms with van der Waals surface area (Å²) < 4.78 is 0. The molecule has 0 radical (unpaired) electrons. The highest BCUT2D eigenvalue weighted by Gasteiger charge is 2.39. The molecule has 2 fully saturated rings. The molecule has 104 valence electrons. The first kappa shape index (κ1) is 13.1. The van der Waals surface area contributed by atoms with Gasteiger partial charge in [0.25, 0.3) is 0 Å². The number of nitrogens with two attached hydrogens (primary N) is 1. The van der Waals surface area contributed by atoms with Gasteiger partial charge in [-0.1, -0.05) is 37.1 Å². The van der Waals surface area contributed by atoms with Gasteiger partial charge in [-0.15, -0.1) is 0 Å². The molecule has 2 saturated carbocycles. The molecule has 0 aromatic heterocycles. The van der Waals surface area contributed by atoms with Gasteiger partial charge in [-0.25, -0.2) is 0 Å². The number of benzene rings is 1. The fraction of sp³-hybridized carbons (Fsp3) is 0.647. The monoisotopic (exact) mass is 259 g/mol. The van der Waals surface area contributed by atoms with Crippen molar-refractivity contribution >= 4 is 0 Å². The average Bonchev–Trinajstić information content (AvgIpc) is 3.00. The van der Waals surface area contributed by atoms with E-state index >= 15 is 0 Å². The van der Waals surface area contributed by atoms with Gasteiger partial charge in [0.1, 0.15) is 0 Å². The average molecular weight is 259 g/mol. The van der Waals surface area contributed by atoms with Gasteiger partial charge in [-0.05, 0) is 49.7 Å². The zero-order chi connectivity index (χ0) is 13.3. The lowest BCUT2D eigenvalue weighted by Gasteiger charge is -2.28. The van der Waals surface area contributed by atoms with Crippen molar-refractivity contribution < 1.29 is 5.11 Å². The number of hydrogen-bond donors (Lipinski definition) is 2. The summed E-state index contributed by atoms with van der Waals surface area (Å²) in [5.74, 6) is 0. The van der Waals surface area contributed by atoms with Crippen molar-refractivity contribution in [2.24, 2.45) is 5.73 Å². The summed E-state index contributed by atoms with van der Waals surface area (Å²) in [6, 6.07) is 9.00. The Balaban J connectivity index is 1.67. The van der Waals surface area contributed by atoms with Gasteiger partial charge in [0, 0.05) is 12.0 Å². The molecule has 2 nitrogen and oxygen atoms in total. The van der Waals surface area contributed by atoms with Crippen LogP contribution in [0.2, 0.25) is 0 Å². The fourth-order valence-corrected chi connectivity index (χ4v) is 3.46. The Kier molecular flexibility index (Phi) is 3.40. The van der Waals surface area contributed by atoms with Gasteiger partial charge in [0.05, 0.1) is 5.60 Å². The van der Waals surface area contributed by atoms with E-state index < -0.39 is 0 Å². The highest BCUT2D eigenvalue weighted by Crippen LogP contribution is 2.41. The summed E-state index contributed by atoms with van der Waals surface area (Å²) in [5, 5.41) is 9.88. The highest BCUT2D eigenvalue weighted by molar-refractivity contribution is 5.31. The van der Waals surface area contributed by atoms with Gasteiger partial charge in [0.15, 0.2) is 0 Å². The molecule has 3 N–H and O–H groups in total. The Labute approximate surface area is 116 Å². The second kappa shape index (κ2) is 4.92. The molecule has 0 atom stereocenters. The van der Waals surface area contributed by atoms with Crippen molar-refractivity contribution in [3.8, 4) is 0 Å². The van der Waals surface area contributed by atoms with Crippen molar-refractivity contribution in [1.82, 2.24) is 0 Å². The standard InChI is InChI=1S/C17H25NO/c18-13-16(8-1-2-9-16)15-5-3-14(4-6-15)7-10-17(19)11-12-17/h3-6,19H,1-2,7-13,18H2. The van der Waals surface area contributed by atoms with E-state index in [-0.39, 0.29) is 11.0 Å². The van der Waals surface area contributed by atoms with Crippen LogP contribution in [0.25, 0.3) is 0 Å². The van der Waals surface area contributed by atoms with Crippen LogP contribution >= 0.6 is 0 Å². The van der Waals surface area contributed by atoms with Gasteiger partial charge >= 0.3 is 0 Å². The molecule has 0 heterocycles. The summed E-state index contributed by atoms with van der Waals surface area (Å²) in [7, 11) is 0. The summed E-state index contributed by atoms with van der Waals surface area (Å²) in [5.41, 5.74) is 8.70. The third-order valence-corrected chi connectivity index (χ3v) is 5.22. The van der Waals surface area contributed by atoms with Crippen LogP contribution in [0.1, 0.15) is 56.1 Å². The molecular weight excluding hydrogens is 234 g/mol. The van der Waals surface area contributed by atoms with E-state index in [4.69, 9.17) is 5.73 Å². The van der Waals surface area contributed by atoms with Crippen LogP contribution in [0, 0.1) is 0 Å². The molecule has 1 aromatic rings. The van der Waals surface area contributed by atoms with Gasteiger partial charge in [0.2, 0.25) is 0 Å². The van der Waals surface area contributed by atoms with Gasteiger partial charge in [-0.2, -0.15) is 0 Å². The van der Waals surface area contributed by atoms with E-state index in [1.807, 2.05) is 0 Å². The lowest BCUT2D eigenvalue weighted by molar-refractivity contribution is 0.140. The molecule has 0 aliphatic heterocycles. The predicted molar refractivity (Wildman–Crippen MR) is 78.1 cm³/mol. The third kappa shape index (κ3) is 2.70. The predicted octanol–water partition coefficient (Wildman–Crippen LogP) is 2.91. The maximum Gasteiger partial charge on any atom is 0.0653 e. The highest BCUT2D eigenvalue weighted by atomic mass is 16.3. The lowest BCUT2D eigenvalue weighted by atomic mass is 9.78. The van der Waals surface area contributed by atoms with E-state index in [0.717, 1.165) is 32.2 Å². The van der Waals surface area contributed by atoms with Crippen molar-refractivity contribution in [3.63, 3.8) is 0 Å². The second-order valence-corrected chi connectivity index (χ2v) is 6.61. The molecule has 1 aromatic carbocycles. The van der Waals surface area contributed by atoms with Crippen molar-refractivity contribution in [2.45, 2.75) is 62.4 Å². The van der Waals surface area contributed by atoms with E-state index in [0.29, 0.717) is 0 Å². The Morgan fingerprint density at radius 2 is 1.63 bits per heavy atom. The lowest BCUT2D eigenvalue weighted by Crippen LogP contribution is -2.31. The van der Waals surface area contributed by atoms with Crippen LogP contribution in [0.3, 0.4) is 0 Å². The summed E-state index contributed by atoms with van der Waals surface area (Å²) in [4.78, 5) is 0. The van der Waals surface area contributed by atoms with E-state index in [9.17, 15) is 5.11 Å². The minimum absolute atomic E-state index is 0.243. The van der Waals surface area contributed by atoms with E-state index in [2.05, 4.69) is 24.3 Å². The van der Waals surface area contributed by atoms with Crippen molar-refractivity contribution in [2.75, 3.05) is 6.54 Å². The zero-order valence-electron chi connectivity index (χ0n) is 11.7. The summed E-state index contributed by atoms with van der Waals surface area (Å²) >= 11 is 0. The Morgan fingerprint density at radius 3 is 2.16 bits per heavy atom. The summed E-state index contributed by atoms with van der Waals surface area (Å²) in [6.07, 6.45) is 8.98. The number of hydrogen-bond acceptors (Lipinski definition) is 2. The Morgan fingerprint density at radius 1 is 1.00 bits per heavy atom. The molecule has 2 heteroatoms. The third-order valence-electron chi connectivity index (χ3n) is 5.22. The molecule has 0 bridgehead atoms. The number of rotatable bonds is 5. The first-order valence-corrected chi connectivity index (χ1v) is 7.68. The van der Waals surface area contributed by atoms with Gasteiger partial charge in [-0.3, -0.25) is 0 Å². The Hall–Kier alpha value is -0.860. The SMILES string of the molecule is NCC1(c2ccc(CCC3(O)CC3)cc2)CCCC1. The minimum Gasteiger partial charge on any atom is -0.390 e. The molecule has 0 spiro atoms. The molecule has 0 unspecified atom stereocenters. The first-order valence-electron chi connectivity index (χ1n) is 7.68. The molecule has 0 saturated heterocycles. The van der Waals surface area contributed by atoms with E-state index in [1.54, 1.807) is 0 Å². The largest absolute Gasteiger partial charge is 0.390 e. The molecule has 3 rings (SSSR count). The van der Waals surface area contributed by atoms with Crippen molar-refractivity contribution in [1.29, 1.82) is 0 Å². The normalized spacial score (nSPS) is 23.5. The van der Waals surface area contributed by atoms with Gasteiger partial charge < -0.3 is 10.8 Å². The smallest absolute Gasteiger partial charge is 0.0653 e. The first-order chi connectivity index (χ1) is 9.16. The van der Waals surface area contributed by atoms with Crippen LogP contribution < -0.4 is 5.73 Å².